The largest absolute Gasteiger partial charge is 0.493 e. The van der Waals surface area contributed by atoms with Gasteiger partial charge in [-0.15, -0.1) is 0 Å². The van der Waals surface area contributed by atoms with Crippen molar-refractivity contribution in [2.24, 2.45) is 0 Å². The van der Waals surface area contributed by atoms with E-state index in [-0.39, 0.29) is 25.1 Å². The van der Waals surface area contributed by atoms with Crippen LogP contribution in [0.15, 0.2) is 36.4 Å². The minimum atomic E-state index is -0.317. The summed E-state index contributed by atoms with van der Waals surface area (Å²) in [5.74, 6) is 0.659. The number of aliphatic hydroxyl groups excluding tert-OH is 1. The summed E-state index contributed by atoms with van der Waals surface area (Å²) in [6, 6.07) is 9.91. The highest BCUT2D eigenvalue weighted by Gasteiger charge is 2.13. The van der Waals surface area contributed by atoms with Crippen LogP contribution < -0.4 is 14.8 Å². The Morgan fingerprint density at radius 2 is 1.96 bits per heavy atom. The molecule has 0 fully saturated rings. The Kier molecular flexibility index (Phi) is 7.50. The van der Waals surface area contributed by atoms with Crippen LogP contribution >= 0.6 is 11.6 Å². The molecule has 0 aliphatic rings. The van der Waals surface area contributed by atoms with E-state index in [1.807, 2.05) is 6.92 Å². The zero-order valence-electron chi connectivity index (χ0n) is 14.4. The first-order valence-electron chi connectivity index (χ1n) is 8.15. The van der Waals surface area contributed by atoms with Gasteiger partial charge < -0.3 is 19.9 Å². The number of aliphatic hydroxyl groups is 1. The highest BCUT2D eigenvalue weighted by atomic mass is 35.5. The predicted molar refractivity (Wildman–Crippen MR) is 96.7 cm³/mol. The van der Waals surface area contributed by atoms with Gasteiger partial charge in [-0.3, -0.25) is 0 Å². The highest BCUT2D eigenvalue weighted by molar-refractivity contribution is 6.31. The normalized spacial score (nSPS) is 12.0. The molecule has 2 aromatic rings. The summed E-state index contributed by atoms with van der Waals surface area (Å²) in [5.41, 5.74) is 1.30. The molecule has 0 spiro atoms. The molecule has 0 aliphatic carbocycles. The molecule has 0 aromatic heterocycles. The van der Waals surface area contributed by atoms with E-state index in [0.29, 0.717) is 28.6 Å². The molecule has 4 nitrogen and oxygen atoms in total. The SMILES string of the molecule is CCC(CO)NCc1cc(OC)c(OCc2ccccc2F)cc1Cl. The molecular weight excluding hydrogens is 345 g/mol. The van der Waals surface area contributed by atoms with Crippen LogP contribution in [0.3, 0.4) is 0 Å². The molecule has 0 radical (unpaired) electrons. The standard InChI is InChI=1S/C19H23ClFNO3/c1-3-15(11-23)22-10-14-8-18(24-2)19(9-16(14)20)25-12-13-6-4-5-7-17(13)21/h4-9,15,22-23H,3,10-12H2,1-2H3. The van der Waals surface area contributed by atoms with Gasteiger partial charge in [-0.2, -0.15) is 0 Å². The Balaban J connectivity index is 2.11. The summed E-state index contributed by atoms with van der Waals surface area (Å²) in [4.78, 5) is 0. The molecule has 0 heterocycles. The van der Waals surface area contributed by atoms with Gasteiger partial charge in [0.25, 0.3) is 0 Å². The third kappa shape index (κ3) is 5.33. The second-order valence-corrected chi connectivity index (χ2v) is 6.05. The van der Waals surface area contributed by atoms with Gasteiger partial charge in [0.2, 0.25) is 0 Å². The fraction of sp³-hybridized carbons (Fsp3) is 0.368. The Morgan fingerprint density at radius 3 is 2.60 bits per heavy atom. The molecule has 0 amide bonds. The Hall–Kier alpha value is -1.82. The molecule has 6 heteroatoms. The second-order valence-electron chi connectivity index (χ2n) is 5.64. The van der Waals surface area contributed by atoms with E-state index in [4.69, 9.17) is 21.1 Å². The Morgan fingerprint density at radius 1 is 1.20 bits per heavy atom. The average molecular weight is 368 g/mol. The third-order valence-corrected chi connectivity index (χ3v) is 4.32. The van der Waals surface area contributed by atoms with Crippen molar-refractivity contribution in [3.63, 3.8) is 0 Å². The maximum atomic E-state index is 13.7. The van der Waals surface area contributed by atoms with E-state index in [9.17, 15) is 9.50 Å². The van der Waals surface area contributed by atoms with Crippen molar-refractivity contribution < 1.29 is 19.0 Å². The second kappa shape index (κ2) is 9.61. The molecule has 0 saturated carbocycles. The van der Waals surface area contributed by atoms with Crippen molar-refractivity contribution in [1.82, 2.24) is 5.32 Å². The molecule has 136 valence electrons. The molecule has 2 aromatic carbocycles. The van der Waals surface area contributed by atoms with Crippen molar-refractivity contribution in [3.8, 4) is 11.5 Å². The van der Waals surface area contributed by atoms with Crippen molar-refractivity contribution in [2.75, 3.05) is 13.7 Å². The zero-order chi connectivity index (χ0) is 18.2. The van der Waals surface area contributed by atoms with Gasteiger partial charge in [-0.25, -0.2) is 4.39 Å². The number of benzene rings is 2. The first-order chi connectivity index (χ1) is 12.1. The lowest BCUT2D eigenvalue weighted by atomic mass is 10.1. The highest BCUT2D eigenvalue weighted by Crippen LogP contribution is 2.34. The van der Waals surface area contributed by atoms with Gasteiger partial charge >= 0.3 is 0 Å². The van der Waals surface area contributed by atoms with Gasteiger partial charge in [0.05, 0.1) is 13.7 Å². The van der Waals surface area contributed by atoms with Crippen LogP contribution in [0.2, 0.25) is 5.02 Å². The number of halogens is 2. The summed E-state index contributed by atoms with van der Waals surface area (Å²) in [6.07, 6.45) is 0.815. The van der Waals surface area contributed by atoms with Crippen molar-refractivity contribution in [1.29, 1.82) is 0 Å². The van der Waals surface area contributed by atoms with Crippen LogP contribution in [0.25, 0.3) is 0 Å². The maximum Gasteiger partial charge on any atom is 0.163 e. The van der Waals surface area contributed by atoms with Crippen LogP contribution in [-0.2, 0) is 13.2 Å². The molecule has 0 bridgehead atoms. The van der Waals surface area contributed by atoms with Crippen LogP contribution in [0.1, 0.15) is 24.5 Å². The van der Waals surface area contributed by atoms with Gasteiger partial charge in [-0.05, 0) is 24.1 Å². The fourth-order valence-electron chi connectivity index (χ4n) is 2.35. The van der Waals surface area contributed by atoms with E-state index in [0.717, 1.165) is 12.0 Å². The summed E-state index contributed by atoms with van der Waals surface area (Å²) in [6.45, 7) is 2.64. The molecule has 2 rings (SSSR count). The quantitative estimate of drug-likeness (QED) is 0.705. The van der Waals surface area contributed by atoms with Gasteiger partial charge in [-0.1, -0.05) is 36.7 Å². The van der Waals surface area contributed by atoms with Crippen molar-refractivity contribution in [3.05, 3.63) is 58.4 Å². The van der Waals surface area contributed by atoms with E-state index in [1.54, 1.807) is 37.4 Å². The predicted octanol–water partition coefficient (Wildman–Crippen LogP) is 3.93. The van der Waals surface area contributed by atoms with E-state index in [2.05, 4.69) is 5.32 Å². The number of hydrogen-bond acceptors (Lipinski definition) is 4. The summed E-state index contributed by atoms with van der Waals surface area (Å²) < 4.78 is 24.7. The minimum absolute atomic E-state index is 0.0130. The molecular formula is C19H23ClFNO3. The number of ether oxygens (including phenoxy) is 2. The van der Waals surface area contributed by atoms with Crippen LogP contribution in [0.5, 0.6) is 11.5 Å². The minimum Gasteiger partial charge on any atom is -0.493 e. The monoisotopic (exact) mass is 367 g/mol. The summed E-state index contributed by atoms with van der Waals surface area (Å²) in [7, 11) is 1.54. The van der Waals surface area contributed by atoms with Gasteiger partial charge in [0.1, 0.15) is 12.4 Å². The molecule has 1 atom stereocenters. The third-order valence-electron chi connectivity index (χ3n) is 3.97. The van der Waals surface area contributed by atoms with E-state index in [1.165, 1.54) is 6.07 Å². The Labute approximate surface area is 152 Å². The molecule has 25 heavy (non-hydrogen) atoms. The molecule has 1 unspecified atom stereocenters. The van der Waals surface area contributed by atoms with Crippen LogP contribution in [0, 0.1) is 5.82 Å². The number of hydrogen-bond donors (Lipinski definition) is 2. The molecule has 0 saturated heterocycles. The van der Waals surface area contributed by atoms with Crippen LogP contribution in [-0.4, -0.2) is 24.9 Å². The van der Waals surface area contributed by atoms with Gasteiger partial charge in [0.15, 0.2) is 11.5 Å². The van der Waals surface area contributed by atoms with E-state index >= 15 is 0 Å². The van der Waals surface area contributed by atoms with Gasteiger partial charge in [0, 0.05) is 29.2 Å². The topological polar surface area (TPSA) is 50.7 Å². The maximum absolute atomic E-state index is 13.7. The van der Waals surface area contributed by atoms with Crippen molar-refractivity contribution in [2.45, 2.75) is 32.5 Å². The summed E-state index contributed by atoms with van der Waals surface area (Å²) in [5, 5.41) is 13.0. The Bertz CT molecular complexity index is 692. The number of methoxy groups -OCH3 is 1. The number of rotatable bonds is 9. The fourth-order valence-corrected chi connectivity index (χ4v) is 2.57. The first kappa shape index (κ1) is 19.5. The van der Waals surface area contributed by atoms with E-state index < -0.39 is 0 Å². The molecule has 2 N–H and O–H groups in total. The lowest BCUT2D eigenvalue weighted by Gasteiger charge is -2.17. The smallest absolute Gasteiger partial charge is 0.163 e. The van der Waals surface area contributed by atoms with Crippen molar-refractivity contribution >= 4 is 11.6 Å². The lowest BCUT2D eigenvalue weighted by Crippen LogP contribution is -2.31. The first-order valence-corrected chi connectivity index (χ1v) is 8.53. The average Bonchev–Trinajstić information content (AvgIpc) is 2.63. The molecule has 0 aliphatic heterocycles. The summed E-state index contributed by atoms with van der Waals surface area (Å²) >= 11 is 6.33. The number of nitrogens with one attached hydrogen (secondary N) is 1. The lowest BCUT2D eigenvalue weighted by molar-refractivity contribution is 0.238. The zero-order valence-corrected chi connectivity index (χ0v) is 15.1. The van der Waals surface area contributed by atoms with Crippen LogP contribution in [0.4, 0.5) is 4.39 Å².